The molecule has 0 spiro atoms. The Morgan fingerprint density at radius 3 is 2.61 bits per heavy atom. The van der Waals surface area contributed by atoms with Crippen LogP contribution in [0.1, 0.15) is 17.5 Å². The van der Waals surface area contributed by atoms with Crippen LogP contribution in [0.4, 0.5) is 0 Å². The zero-order valence-corrected chi connectivity index (χ0v) is 11.9. The number of nitrogens with one attached hydrogen (secondary N) is 1. The minimum atomic E-state index is -3.38. The Labute approximate surface area is 109 Å². The first-order valence-electron chi connectivity index (χ1n) is 6.19. The van der Waals surface area contributed by atoms with Crippen LogP contribution in [0.3, 0.4) is 0 Å². The molecule has 18 heavy (non-hydrogen) atoms. The normalized spacial score (nSPS) is 20.6. The summed E-state index contributed by atoms with van der Waals surface area (Å²) in [6, 6.07) is 5.53. The molecule has 1 aliphatic rings. The lowest BCUT2D eigenvalue weighted by Crippen LogP contribution is -2.38. The zero-order chi connectivity index (χ0) is 13.3. The van der Waals surface area contributed by atoms with Gasteiger partial charge in [-0.2, -0.15) is 4.31 Å². The second-order valence-corrected chi connectivity index (χ2v) is 6.90. The molecule has 0 saturated carbocycles. The number of aryl methyl sites for hydroxylation is 2. The minimum Gasteiger partial charge on any atom is -0.315 e. The number of sulfonamides is 1. The molecule has 1 heterocycles. The van der Waals surface area contributed by atoms with E-state index in [-0.39, 0.29) is 6.04 Å². The summed E-state index contributed by atoms with van der Waals surface area (Å²) in [7, 11) is -1.70. The highest BCUT2D eigenvalue weighted by Crippen LogP contribution is 2.23. The second-order valence-electron chi connectivity index (χ2n) is 4.94. The first kappa shape index (κ1) is 13.5. The average Bonchev–Trinajstić information content (AvgIpc) is 2.80. The largest absolute Gasteiger partial charge is 0.315 e. The predicted octanol–water partition coefficient (Wildman–Crippen LogP) is 1.29. The summed E-state index contributed by atoms with van der Waals surface area (Å²) in [5, 5.41) is 3.19. The Hall–Kier alpha value is -0.910. The van der Waals surface area contributed by atoms with Crippen LogP contribution in [0.5, 0.6) is 0 Å². The van der Waals surface area contributed by atoms with E-state index in [0.29, 0.717) is 4.90 Å². The predicted molar refractivity (Wildman–Crippen MR) is 72.1 cm³/mol. The molecule has 1 atom stereocenters. The van der Waals surface area contributed by atoms with Gasteiger partial charge in [-0.15, -0.1) is 0 Å². The van der Waals surface area contributed by atoms with Crippen molar-refractivity contribution in [3.05, 3.63) is 29.3 Å². The van der Waals surface area contributed by atoms with Gasteiger partial charge in [0.1, 0.15) is 0 Å². The molecule has 0 radical (unpaired) electrons. The summed E-state index contributed by atoms with van der Waals surface area (Å²) in [5.74, 6) is 0. The van der Waals surface area contributed by atoms with Crippen LogP contribution in [0.15, 0.2) is 23.1 Å². The molecule has 1 aromatic carbocycles. The van der Waals surface area contributed by atoms with Gasteiger partial charge in [-0.1, -0.05) is 17.7 Å². The van der Waals surface area contributed by atoms with Gasteiger partial charge in [-0.3, -0.25) is 0 Å². The van der Waals surface area contributed by atoms with Crippen molar-refractivity contribution >= 4 is 10.0 Å². The maximum atomic E-state index is 12.5. The summed E-state index contributed by atoms with van der Waals surface area (Å²) < 4.78 is 26.6. The van der Waals surface area contributed by atoms with Crippen molar-refractivity contribution in [3.63, 3.8) is 0 Å². The lowest BCUT2D eigenvalue weighted by molar-refractivity contribution is 0.387. The number of likely N-dealkylation sites (N-methyl/N-ethyl adjacent to an activating group) is 1. The third-order valence-corrected chi connectivity index (χ3v) is 5.61. The molecule has 0 bridgehead atoms. The number of nitrogens with zero attached hydrogens (tertiary/aromatic N) is 1. The number of hydrogen-bond acceptors (Lipinski definition) is 3. The monoisotopic (exact) mass is 268 g/mol. The fraction of sp³-hybridized carbons (Fsp3) is 0.538. The van der Waals surface area contributed by atoms with Crippen molar-refractivity contribution in [3.8, 4) is 0 Å². The standard InChI is InChI=1S/C13H20N2O2S/c1-10-4-5-13(11(2)8-10)18(16,17)15(3)12-6-7-14-9-12/h4-5,8,12,14H,6-7,9H2,1-3H3. The molecule has 4 nitrogen and oxygen atoms in total. The van der Waals surface area contributed by atoms with E-state index in [0.717, 1.165) is 30.6 Å². The highest BCUT2D eigenvalue weighted by atomic mass is 32.2. The van der Waals surface area contributed by atoms with Crippen molar-refractivity contribution in [2.24, 2.45) is 0 Å². The zero-order valence-electron chi connectivity index (χ0n) is 11.1. The molecule has 1 unspecified atom stereocenters. The maximum Gasteiger partial charge on any atom is 0.243 e. The van der Waals surface area contributed by atoms with Crippen molar-refractivity contribution in [1.29, 1.82) is 0 Å². The van der Waals surface area contributed by atoms with Crippen LogP contribution >= 0.6 is 0 Å². The van der Waals surface area contributed by atoms with Crippen LogP contribution in [0, 0.1) is 13.8 Å². The topological polar surface area (TPSA) is 49.4 Å². The second kappa shape index (κ2) is 4.99. The van der Waals surface area contributed by atoms with Gasteiger partial charge in [0.25, 0.3) is 0 Å². The lowest BCUT2D eigenvalue weighted by atomic mass is 10.2. The molecular formula is C13H20N2O2S. The first-order valence-corrected chi connectivity index (χ1v) is 7.63. The van der Waals surface area contributed by atoms with Gasteiger partial charge in [-0.25, -0.2) is 8.42 Å². The highest BCUT2D eigenvalue weighted by Gasteiger charge is 2.30. The summed E-state index contributed by atoms with van der Waals surface area (Å²) in [4.78, 5) is 0.419. The highest BCUT2D eigenvalue weighted by molar-refractivity contribution is 7.89. The summed E-state index contributed by atoms with van der Waals surface area (Å²) in [6.45, 7) is 5.44. The van der Waals surface area contributed by atoms with E-state index >= 15 is 0 Å². The van der Waals surface area contributed by atoms with Gasteiger partial charge in [0, 0.05) is 19.6 Å². The quantitative estimate of drug-likeness (QED) is 0.898. The Kier molecular flexibility index (Phi) is 3.75. The Bertz CT molecular complexity index is 534. The average molecular weight is 268 g/mol. The molecular weight excluding hydrogens is 248 g/mol. The maximum absolute atomic E-state index is 12.5. The van der Waals surface area contributed by atoms with Crippen LogP contribution in [0.25, 0.3) is 0 Å². The molecule has 1 aromatic rings. The first-order chi connectivity index (χ1) is 8.43. The lowest BCUT2D eigenvalue weighted by Gasteiger charge is -2.24. The van der Waals surface area contributed by atoms with Crippen LogP contribution in [-0.2, 0) is 10.0 Å². The van der Waals surface area contributed by atoms with Crippen molar-refractivity contribution in [2.45, 2.75) is 31.2 Å². The van der Waals surface area contributed by atoms with E-state index in [1.165, 1.54) is 4.31 Å². The van der Waals surface area contributed by atoms with Crippen molar-refractivity contribution in [2.75, 3.05) is 20.1 Å². The van der Waals surface area contributed by atoms with E-state index in [1.807, 2.05) is 26.0 Å². The van der Waals surface area contributed by atoms with Crippen LogP contribution in [0.2, 0.25) is 0 Å². The SMILES string of the molecule is Cc1ccc(S(=O)(=O)N(C)C2CCNC2)c(C)c1. The van der Waals surface area contributed by atoms with E-state index < -0.39 is 10.0 Å². The molecule has 5 heteroatoms. The van der Waals surface area contributed by atoms with Gasteiger partial charge >= 0.3 is 0 Å². The third kappa shape index (κ3) is 2.43. The van der Waals surface area contributed by atoms with Gasteiger partial charge in [0.15, 0.2) is 0 Å². The molecule has 1 N–H and O–H groups in total. The fourth-order valence-electron chi connectivity index (χ4n) is 2.39. The summed E-state index contributed by atoms with van der Waals surface area (Å²) in [6.07, 6.45) is 0.876. The molecule has 0 aromatic heterocycles. The number of benzene rings is 1. The van der Waals surface area contributed by atoms with E-state index in [4.69, 9.17) is 0 Å². The number of rotatable bonds is 3. The van der Waals surface area contributed by atoms with Crippen LogP contribution in [-0.4, -0.2) is 38.9 Å². The minimum absolute atomic E-state index is 0.0655. The molecule has 2 rings (SSSR count). The molecule has 0 aliphatic carbocycles. The summed E-state index contributed by atoms with van der Waals surface area (Å²) >= 11 is 0. The Morgan fingerprint density at radius 1 is 1.33 bits per heavy atom. The molecule has 0 amide bonds. The van der Waals surface area contributed by atoms with Crippen molar-refractivity contribution in [1.82, 2.24) is 9.62 Å². The smallest absolute Gasteiger partial charge is 0.243 e. The van der Waals surface area contributed by atoms with Gasteiger partial charge < -0.3 is 5.32 Å². The Balaban J connectivity index is 2.35. The third-order valence-electron chi connectivity index (χ3n) is 3.54. The van der Waals surface area contributed by atoms with Gasteiger partial charge in [0.05, 0.1) is 4.90 Å². The van der Waals surface area contributed by atoms with E-state index in [1.54, 1.807) is 13.1 Å². The fourth-order valence-corrected chi connectivity index (χ4v) is 3.98. The molecule has 100 valence electrons. The molecule has 1 aliphatic heterocycles. The molecule has 1 fully saturated rings. The summed E-state index contributed by atoms with van der Waals surface area (Å²) in [5.41, 5.74) is 1.89. The van der Waals surface area contributed by atoms with E-state index in [9.17, 15) is 8.42 Å². The number of hydrogen-bond donors (Lipinski definition) is 1. The van der Waals surface area contributed by atoms with Gasteiger partial charge in [-0.05, 0) is 38.4 Å². The van der Waals surface area contributed by atoms with E-state index in [2.05, 4.69) is 5.32 Å². The molecule has 1 saturated heterocycles. The Morgan fingerprint density at radius 2 is 2.06 bits per heavy atom. The van der Waals surface area contributed by atoms with Crippen molar-refractivity contribution < 1.29 is 8.42 Å². The van der Waals surface area contributed by atoms with Gasteiger partial charge in [0.2, 0.25) is 10.0 Å². The van der Waals surface area contributed by atoms with Crippen LogP contribution < -0.4 is 5.32 Å².